The van der Waals surface area contributed by atoms with Gasteiger partial charge in [0.2, 0.25) is 5.88 Å². The van der Waals surface area contributed by atoms with E-state index in [1.54, 1.807) is 13.3 Å². The fourth-order valence-electron chi connectivity index (χ4n) is 2.45. The Morgan fingerprint density at radius 1 is 1.38 bits per heavy atom. The lowest BCUT2D eigenvalue weighted by atomic mass is 10.1. The van der Waals surface area contributed by atoms with Crippen molar-refractivity contribution in [1.82, 2.24) is 10.3 Å². The van der Waals surface area contributed by atoms with Crippen LogP contribution in [0, 0.1) is 0 Å². The zero-order valence-corrected chi connectivity index (χ0v) is 13.4. The van der Waals surface area contributed by atoms with Gasteiger partial charge in [-0.05, 0) is 35.4 Å². The number of hydrogen-bond donors (Lipinski definition) is 1. The van der Waals surface area contributed by atoms with Crippen LogP contribution >= 0.6 is 15.9 Å². The summed E-state index contributed by atoms with van der Waals surface area (Å²) in [6, 6.07) is 10.1. The monoisotopic (exact) mass is 348 g/mol. The molecule has 1 N–H and O–H groups in total. The minimum absolute atomic E-state index is 0.193. The van der Waals surface area contributed by atoms with Gasteiger partial charge in [0.05, 0.1) is 7.11 Å². The first-order chi connectivity index (χ1) is 10.2. The third-order valence-corrected chi connectivity index (χ3v) is 3.97. The maximum Gasteiger partial charge on any atom is 0.213 e. The van der Waals surface area contributed by atoms with Gasteiger partial charge in [0.1, 0.15) is 11.9 Å². The van der Waals surface area contributed by atoms with Crippen molar-refractivity contribution in [2.24, 2.45) is 0 Å². The number of ether oxygens (including phenoxy) is 2. The topological polar surface area (TPSA) is 43.4 Å². The second kappa shape index (κ2) is 6.45. The number of methoxy groups -OCH3 is 1. The Hall–Kier alpha value is -1.59. The van der Waals surface area contributed by atoms with Crippen molar-refractivity contribution in [3.05, 3.63) is 52.1 Å². The Bertz CT molecular complexity index is 633. The average Bonchev–Trinajstić information content (AvgIpc) is 2.89. The molecule has 0 radical (unpaired) electrons. The number of nitrogens with zero attached hydrogens (tertiary/aromatic N) is 1. The van der Waals surface area contributed by atoms with E-state index in [-0.39, 0.29) is 6.10 Å². The Morgan fingerprint density at radius 3 is 3.14 bits per heavy atom. The number of aromatic nitrogens is 1. The summed E-state index contributed by atoms with van der Waals surface area (Å²) >= 11 is 3.49. The molecule has 0 saturated heterocycles. The first-order valence-electron chi connectivity index (χ1n) is 6.89. The summed E-state index contributed by atoms with van der Waals surface area (Å²) in [5, 5.41) is 3.42. The van der Waals surface area contributed by atoms with E-state index in [0.29, 0.717) is 5.88 Å². The number of benzene rings is 1. The molecule has 4 nitrogen and oxygen atoms in total. The van der Waals surface area contributed by atoms with Gasteiger partial charge < -0.3 is 14.8 Å². The highest BCUT2D eigenvalue weighted by molar-refractivity contribution is 9.10. The molecular formula is C16H17BrN2O2. The molecule has 1 unspecified atom stereocenters. The Kier molecular flexibility index (Phi) is 4.41. The molecule has 3 rings (SSSR count). The van der Waals surface area contributed by atoms with Crippen LogP contribution in [0.5, 0.6) is 11.6 Å². The van der Waals surface area contributed by atoms with Gasteiger partial charge in [-0.15, -0.1) is 0 Å². The standard InChI is InChI=1S/C16H17BrN2O2/c1-20-16-6-11(4-5-19-16)9-18-10-14-8-12-7-13(17)2-3-15(12)21-14/h2-7,14,18H,8-10H2,1H3. The van der Waals surface area contributed by atoms with Crippen LogP contribution in [0.2, 0.25) is 0 Å². The van der Waals surface area contributed by atoms with Gasteiger partial charge in [-0.3, -0.25) is 0 Å². The summed E-state index contributed by atoms with van der Waals surface area (Å²) in [7, 11) is 1.63. The van der Waals surface area contributed by atoms with Crippen molar-refractivity contribution in [3.8, 4) is 11.6 Å². The van der Waals surface area contributed by atoms with Crippen LogP contribution in [0.1, 0.15) is 11.1 Å². The molecule has 110 valence electrons. The first kappa shape index (κ1) is 14.4. The van der Waals surface area contributed by atoms with E-state index in [0.717, 1.165) is 35.3 Å². The van der Waals surface area contributed by atoms with E-state index >= 15 is 0 Å². The highest BCUT2D eigenvalue weighted by atomic mass is 79.9. The van der Waals surface area contributed by atoms with E-state index in [9.17, 15) is 0 Å². The Morgan fingerprint density at radius 2 is 2.29 bits per heavy atom. The van der Waals surface area contributed by atoms with Gasteiger partial charge in [-0.1, -0.05) is 15.9 Å². The highest BCUT2D eigenvalue weighted by Crippen LogP contribution is 2.30. The molecule has 0 saturated carbocycles. The average molecular weight is 349 g/mol. The second-order valence-electron chi connectivity index (χ2n) is 5.03. The minimum Gasteiger partial charge on any atom is -0.488 e. The molecule has 1 aromatic carbocycles. The van der Waals surface area contributed by atoms with Crippen molar-refractivity contribution in [2.75, 3.05) is 13.7 Å². The largest absolute Gasteiger partial charge is 0.488 e. The van der Waals surface area contributed by atoms with Crippen molar-refractivity contribution >= 4 is 15.9 Å². The summed E-state index contributed by atoms with van der Waals surface area (Å²) in [5.74, 6) is 1.64. The molecule has 0 spiro atoms. The second-order valence-corrected chi connectivity index (χ2v) is 5.95. The fourth-order valence-corrected chi connectivity index (χ4v) is 2.86. The third-order valence-electron chi connectivity index (χ3n) is 3.47. The van der Waals surface area contributed by atoms with Gasteiger partial charge in [0.15, 0.2) is 0 Å². The van der Waals surface area contributed by atoms with Crippen LogP contribution in [0.3, 0.4) is 0 Å². The van der Waals surface area contributed by atoms with Crippen LogP contribution in [0.25, 0.3) is 0 Å². The van der Waals surface area contributed by atoms with Crippen LogP contribution in [-0.2, 0) is 13.0 Å². The van der Waals surface area contributed by atoms with Crippen molar-refractivity contribution in [2.45, 2.75) is 19.1 Å². The molecule has 0 amide bonds. The molecule has 0 aliphatic carbocycles. The predicted octanol–water partition coefficient (Wildman–Crippen LogP) is 2.95. The maximum atomic E-state index is 5.92. The molecule has 1 aromatic heterocycles. The number of hydrogen-bond acceptors (Lipinski definition) is 4. The van der Waals surface area contributed by atoms with Gasteiger partial charge in [-0.2, -0.15) is 0 Å². The molecule has 0 bridgehead atoms. The van der Waals surface area contributed by atoms with E-state index in [1.807, 2.05) is 24.3 Å². The normalized spacial score (nSPS) is 16.4. The van der Waals surface area contributed by atoms with E-state index in [4.69, 9.17) is 9.47 Å². The predicted molar refractivity (Wildman–Crippen MR) is 84.8 cm³/mol. The summed E-state index contributed by atoms with van der Waals surface area (Å²) < 4.78 is 12.1. The molecular weight excluding hydrogens is 332 g/mol. The third kappa shape index (κ3) is 3.54. The number of rotatable bonds is 5. The molecule has 1 atom stereocenters. The van der Waals surface area contributed by atoms with Gasteiger partial charge in [0.25, 0.3) is 0 Å². The molecule has 2 aromatic rings. The molecule has 2 heterocycles. The molecule has 1 aliphatic rings. The van der Waals surface area contributed by atoms with E-state index in [1.165, 1.54) is 5.56 Å². The van der Waals surface area contributed by atoms with Crippen molar-refractivity contribution in [1.29, 1.82) is 0 Å². The number of fused-ring (bicyclic) bond motifs is 1. The van der Waals surface area contributed by atoms with Gasteiger partial charge >= 0.3 is 0 Å². The Balaban J connectivity index is 1.51. The van der Waals surface area contributed by atoms with Crippen LogP contribution < -0.4 is 14.8 Å². The van der Waals surface area contributed by atoms with E-state index in [2.05, 4.69) is 32.3 Å². The maximum absolute atomic E-state index is 5.92. The Labute approximate surface area is 132 Å². The molecule has 1 aliphatic heterocycles. The molecule has 21 heavy (non-hydrogen) atoms. The summed E-state index contributed by atoms with van der Waals surface area (Å²) in [6.07, 6.45) is 2.90. The van der Waals surface area contributed by atoms with Crippen molar-refractivity contribution in [3.63, 3.8) is 0 Å². The quantitative estimate of drug-likeness (QED) is 0.902. The smallest absolute Gasteiger partial charge is 0.213 e. The SMILES string of the molecule is COc1cc(CNCC2Cc3cc(Br)ccc3O2)ccn1. The van der Waals surface area contributed by atoms with Gasteiger partial charge in [0, 0.05) is 36.2 Å². The minimum atomic E-state index is 0.193. The zero-order chi connectivity index (χ0) is 14.7. The van der Waals surface area contributed by atoms with Crippen LogP contribution in [0.4, 0.5) is 0 Å². The first-order valence-corrected chi connectivity index (χ1v) is 7.68. The lowest BCUT2D eigenvalue weighted by Gasteiger charge is -2.12. The molecule has 5 heteroatoms. The summed E-state index contributed by atoms with van der Waals surface area (Å²) in [5.41, 5.74) is 2.42. The summed E-state index contributed by atoms with van der Waals surface area (Å²) in [6.45, 7) is 1.59. The highest BCUT2D eigenvalue weighted by Gasteiger charge is 2.22. The lowest BCUT2D eigenvalue weighted by Crippen LogP contribution is -2.29. The number of halogens is 1. The number of nitrogens with one attached hydrogen (secondary N) is 1. The van der Waals surface area contributed by atoms with Crippen molar-refractivity contribution < 1.29 is 9.47 Å². The lowest BCUT2D eigenvalue weighted by molar-refractivity contribution is 0.227. The van der Waals surface area contributed by atoms with Crippen LogP contribution in [-0.4, -0.2) is 24.7 Å². The van der Waals surface area contributed by atoms with Crippen LogP contribution in [0.15, 0.2) is 41.0 Å². The molecule has 0 fully saturated rings. The fraction of sp³-hybridized carbons (Fsp3) is 0.312. The van der Waals surface area contributed by atoms with E-state index < -0.39 is 0 Å². The number of pyridine rings is 1. The van der Waals surface area contributed by atoms with Gasteiger partial charge in [-0.25, -0.2) is 4.98 Å². The zero-order valence-electron chi connectivity index (χ0n) is 11.8. The summed E-state index contributed by atoms with van der Waals surface area (Å²) in [4.78, 5) is 4.10.